The van der Waals surface area contributed by atoms with Gasteiger partial charge in [-0.1, -0.05) is 6.07 Å². The topological polar surface area (TPSA) is 78.0 Å². The quantitative estimate of drug-likeness (QED) is 0.441. The first-order valence-corrected chi connectivity index (χ1v) is 9.54. The van der Waals surface area contributed by atoms with E-state index in [2.05, 4.69) is 41.3 Å². The van der Waals surface area contributed by atoms with E-state index in [0.29, 0.717) is 6.54 Å². The third-order valence-corrected chi connectivity index (χ3v) is 5.32. The maximum atomic E-state index is 11.9. The van der Waals surface area contributed by atoms with Crippen molar-refractivity contribution in [2.45, 2.75) is 33.3 Å². The number of hydrogen-bond acceptors (Lipinski definition) is 4. The predicted molar refractivity (Wildman–Crippen MR) is 106 cm³/mol. The second kappa shape index (κ2) is 8.29. The first-order valence-electron chi connectivity index (χ1n) is 8.66. The van der Waals surface area contributed by atoms with Crippen molar-refractivity contribution in [3.8, 4) is 0 Å². The second-order valence-corrected chi connectivity index (χ2v) is 7.27. The summed E-state index contributed by atoms with van der Waals surface area (Å²) in [5.74, 6) is 0.841. The number of aliphatic hydroxyl groups excluding tert-OH is 1. The zero-order valence-corrected chi connectivity index (χ0v) is 15.8. The van der Waals surface area contributed by atoms with Crippen molar-refractivity contribution in [2.75, 3.05) is 6.54 Å². The molecule has 0 unspecified atom stereocenters. The number of benzene rings is 1. The van der Waals surface area contributed by atoms with Crippen LogP contribution in [-0.4, -0.2) is 27.5 Å². The van der Waals surface area contributed by atoms with E-state index < -0.39 is 0 Å². The van der Waals surface area contributed by atoms with E-state index in [1.807, 2.05) is 11.4 Å². The zero-order chi connectivity index (χ0) is 18.5. The minimum absolute atomic E-state index is 0.0252. The Morgan fingerprint density at radius 3 is 3.00 bits per heavy atom. The van der Waals surface area contributed by atoms with Gasteiger partial charge in [-0.05, 0) is 60.5 Å². The van der Waals surface area contributed by atoms with Crippen LogP contribution in [0.1, 0.15) is 33.8 Å². The van der Waals surface area contributed by atoms with Gasteiger partial charge >= 0.3 is 0 Å². The van der Waals surface area contributed by atoms with E-state index in [9.17, 15) is 4.79 Å². The highest BCUT2D eigenvalue weighted by molar-refractivity contribution is 7.11. The highest BCUT2D eigenvalue weighted by Crippen LogP contribution is 2.19. The normalized spacial score (nSPS) is 11.5. The Kier molecular flexibility index (Phi) is 5.85. The van der Waals surface area contributed by atoms with Crippen LogP contribution in [0.25, 0.3) is 17.1 Å². The fourth-order valence-corrected chi connectivity index (χ4v) is 3.53. The molecule has 0 atom stereocenters. The van der Waals surface area contributed by atoms with Crippen LogP contribution in [0.4, 0.5) is 0 Å². The molecule has 2 aromatic heterocycles. The average Bonchev–Trinajstić information content (AvgIpc) is 3.27. The maximum absolute atomic E-state index is 11.9. The molecule has 1 aromatic carbocycles. The van der Waals surface area contributed by atoms with Gasteiger partial charge in [-0.2, -0.15) is 0 Å². The number of fused-ring (bicyclic) bond motifs is 1. The summed E-state index contributed by atoms with van der Waals surface area (Å²) in [5.41, 5.74) is 5.41. The van der Waals surface area contributed by atoms with Gasteiger partial charge in [0.25, 0.3) is 0 Å². The van der Waals surface area contributed by atoms with Gasteiger partial charge in [0.15, 0.2) is 0 Å². The lowest BCUT2D eigenvalue weighted by Crippen LogP contribution is -2.22. The minimum atomic E-state index is -0.111. The van der Waals surface area contributed by atoms with Crippen molar-refractivity contribution in [2.24, 2.45) is 0 Å². The number of rotatable bonds is 7. The highest BCUT2D eigenvalue weighted by Gasteiger charge is 2.07. The molecule has 136 valence electrons. The number of nitrogens with one attached hydrogen (secondary N) is 2. The highest BCUT2D eigenvalue weighted by atomic mass is 32.1. The molecule has 0 radical (unpaired) electrons. The molecule has 26 heavy (non-hydrogen) atoms. The van der Waals surface area contributed by atoms with Gasteiger partial charge in [-0.25, -0.2) is 4.98 Å². The summed E-state index contributed by atoms with van der Waals surface area (Å²) in [6, 6.07) is 6.04. The van der Waals surface area contributed by atoms with Crippen LogP contribution >= 0.6 is 11.3 Å². The van der Waals surface area contributed by atoms with Gasteiger partial charge in [0.05, 0.1) is 17.6 Å². The van der Waals surface area contributed by atoms with Crippen molar-refractivity contribution in [3.63, 3.8) is 0 Å². The smallest absolute Gasteiger partial charge is 0.244 e. The van der Waals surface area contributed by atoms with Gasteiger partial charge < -0.3 is 15.4 Å². The van der Waals surface area contributed by atoms with Gasteiger partial charge in [0.1, 0.15) is 5.82 Å². The Hall–Kier alpha value is -2.44. The summed E-state index contributed by atoms with van der Waals surface area (Å²) in [4.78, 5) is 20.8. The number of H-pyrrole nitrogens is 1. The third-order valence-electron chi connectivity index (χ3n) is 4.37. The number of aryl methyl sites for hydroxylation is 3. The number of aromatic nitrogens is 2. The largest absolute Gasteiger partial charge is 0.392 e. The van der Waals surface area contributed by atoms with Gasteiger partial charge in [0.2, 0.25) is 5.91 Å². The Morgan fingerprint density at radius 2 is 2.23 bits per heavy atom. The molecule has 0 saturated carbocycles. The summed E-state index contributed by atoms with van der Waals surface area (Å²) in [7, 11) is 0. The fourth-order valence-electron chi connectivity index (χ4n) is 2.73. The lowest BCUT2D eigenvalue weighted by molar-refractivity contribution is -0.116. The zero-order valence-electron chi connectivity index (χ0n) is 15.0. The number of nitrogens with zero attached hydrogens (tertiary/aromatic N) is 1. The molecule has 3 aromatic rings. The van der Waals surface area contributed by atoms with E-state index >= 15 is 0 Å². The summed E-state index contributed by atoms with van der Waals surface area (Å²) in [5, 5.41) is 13.8. The van der Waals surface area contributed by atoms with Crippen LogP contribution in [0.15, 0.2) is 29.7 Å². The van der Waals surface area contributed by atoms with E-state index in [1.165, 1.54) is 28.5 Å². The van der Waals surface area contributed by atoms with Crippen molar-refractivity contribution < 1.29 is 9.90 Å². The minimum Gasteiger partial charge on any atom is -0.392 e. The molecule has 5 nitrogen and oxygen atoms in total. The molecule has 0 saturated heterocycles. The Morgan fingerprint density at radius 1 is 1.38 bits per heavy atom. The van der Waals surface area contributed by atoms with Crippen LogP contribution in [0.2, 0.25) is 0 Å². The third kappa shape index (κ3) is 4.39. The second-order valence-electron chi connectivity index (χ2n) is 6.33. The SMILES string of the molecule is Cc1ccc2[nH]c(CCCNC(=O)/C=C/c3cc(CO)cs3)nc2c1C. The Labute approximate surface area is 156 Å². The molecule has 3 rings (SSSR count). The summed E-state index contributed by atoms with van der Waals surface area (Å²) in [6.07, 6.45) is 4.91. The number of imidazole rings is 1. The number of aliphatic hydroxyl groups is 1. The molecule has 2 heterocycles. The molecule has 3 N–H and O–H groups in total. The average molecular weight is 369 g/mol. The molecule has 0 spiro atoms. The van der Waals surface area contributed by atoms with Gasteiger partial charge in [-0.3, -0.25) is 4.79 Å². The molecule has 1 amide bonds. The van der Waals surface area contributed by atoms with Crippen LogP contribution in [0, 0.1) is 13.8 Å². The predicted octanol–water partition coefficient (Wildman–Crippen LogP) is 3.50. The molecule has 0 aliphatic carbocycles. The number of amides is 1. The number of carbonyl (C=O) groups excluding carboxylic acids is 1. The molecular weight excluding hydrogens is 346 g/mol. The van der Waals surface area contributed by atoms with Crippen LogP contribution in [0.5, 0.6) is 0 Å². The van der Waals surface area contributed by atoms with E-state index in [1.54, 1.807) is 6.08 Å². The summed E-state index contributed by atoms with van der Waals surface area (Å²) in [6.45, 7) is 4.81. The lowest BCUT2D eigenvalue weighted by atomic mass is 10.1. The summed E-state index contributed by atoms with van der Waals surface area (Å²) >= 11 is 1.51. The number of aromatic amines is 1. The molecule has 0 aliphatic rings. The van der Waals surface area contributed by atoms with Crippen molar-refractivity contribution in [1.29, 1.82) is 0 Å². The summed E-state index contributed by atoms with van der Waals surface area (Å²) < 4.78 is 0. The van der Waals surface area contributed by atoms with E-state index in [4.69, 9.17) is 5.11 Å². The molecule has 0 bridgehead atoms. The monoisotopic (exact) mass is 369 g/mol. The molecule has 0 aliphatic heterocycles. The first kappa shape index (κ1) is 18.4. The van der Waals surface area contributed by atoms with E-state index in [0.717, 1.165) is 40.1 Å². The van der Waals surface area contributed by atoms with Crippen molar-refractivity contribution in [3.05, 3.63) is 57.0 Å². The number of hydrogen-bond donors (Lipinski definition) is 3. The molecular formula is C20H23N3O2S. The molecule has 6 heteroatoms. The lowest BCUT2D eigenvalue weighted by Gasteiger charge is -2.00. The molecule has 0 fully saturated rings. The number of carbonyl (C=O) groups is 1. The maximum Gasteiger partial charge on any atom is 0.244 e. The van der Waals surface area contributed by atoms with Crippen molar-refractivity contribution >= 4 is 34.4 Å². The van der Waals surface area contributed by atoms with Crippen LogP contribution in [-0.2, 0) is 17.8 Å². The van der Waals surface area contributed by atoms with Crippen LogP contribution < -0.4 is 5.32 Å². The fraction of sp³-hybridized carbons (Fsp3) is 0.300. The van der Waals surface area contributed by atoms with Gasteiger partial charge in [-0.15, -0.1) is 11.3 Å². The Bertz CT molecular complexity index is 940. The standard InChI is InChI=1S/C20H23N3O2S/c1-13-5-7-17-20(14(13)2)23-18(22-17)4-3-9-21-19(25)8-6-16-10-15(11-24)12-26-16/h5-8,10,12,24H,3-4,9,11H2,1-2H3,(H,21,25)(H,22,23)/b8-6+. The first-order chi connectivity index (χ1) is 12.6. The van der Waals surface area contributed by atoms with Gasteiger partial charge in [0, 0.05) is 23.9 Å². The Balaban J connectivity index is 1.46. The number of thiophene rings is 1. The van der Waals surface area contributed by atoms with Crippen molar-refractivity contribution in [1.82, 2.24) is 15.3 Å². The van der Waals surface area contributed by atoms with Crippen LogP contribution in [0.3, 0.4) is 0 Å². The van der Waals surface area contributed by atoms with E-state index in [-0.39, 0.29) is 12.5 Å².